The summed E-state index contributed by atoms with van der Waals surface area (Å²) in [7, 11) is 2.10. The standard InChI is InChI=1S/C15H19ClN2O/c1-12-13(6-9-19-12)11-18(2)8-7-17-15-5-3-4-14(16)10-15/h3-6,9-10,17H,7-8,11H2,1-2H3. The molecule has 1 N–H and O–H groups in total. The number of aryl methyl sites for hydroxylation is 1. The third-order valence-corrected chi connectivity index (χ3v) is 3.29. The molecule has 0 bridgehead atoms. The Morgan fingerprint density at radius 3 is 2.84 bits per heavy atom. The third kappa shape index (κ3) is 4.30. The number of nitrogens with zero attached hydrogens (tertiary/aromatic N) is 1. The Kier molecular flexibility index (Phi) is 4.88. The molecule has 1 aromatic carbocycles. The zero-order valence-electron chi connectivity index (χ0n) is 11.3. The van der Waals surface area contributed by atoms with Crippen molar-refractivity contribution in [2.45, 2.75) is 13.5 Å². The fourth-order valence-electron chi connectivity index (χ4n) is 1.93. The average Bonchev–Trinajstić information content (AvgIpc) is 2.75. The second-order valence-electron chi connectivity index (χ2n) is 4.68. The molecule has 1 heterocycles. The summed E-state index contributed by atoms with van der Waals surface area (Å²) in [4.78, 5) is 2.26. The molecule has 2 rings (SSSR count). The summed E-state index contributed by atoms with van der Waals surface area (Å²) in [5, 5.41) is 4.12. The molecule has 0 saturated heterocycles. The second kappa shape index (κ2) is 6.64. The Bertz CT molecular complexity index is 524. The molecule has 2 aromatic rings. The molecule has 0 aliphatic heterocycles. The summed E-state index contributed by atoms with van der Waals surface area (Å²) in [6.07, 6.45) is 1.74. The lowest BCUT2D eigenvalue weighted by atomic mass is 10.2. The van der Waals surface area contributed by atoms with Crippen LogP contribution in [0.1, 0.15) is 11.3 Å². The molecule has 0 fully saturated rings. The fraction of sp³-hybridized carbons (Fsp3) is 0.333. The fourth-order valence-corrected chi connectivity index (χ4v) is 2.12. The molecule has 4 heteroatoms. The minimum Gasteiger partial charge on any atom is -0.469 e. The summed E-state index contributed by atoms with van der Waals surface area (Å²) in [5.41, 5.74) is 2.30. The zero-order valence-corrected chi connectivity index (χ0v) is 12.1. The van der Waals surface area contributed by atoms with E-state index < -0.39 is 0 Å². The Labute approximate surface area is 119 Å². The molecule has 3 nitrogen and oxygen atoms in total. The van der Waals surface area contributed by atoms with E-state index in [1.54, 1.807) is 6.26 Å². The second-order valence-corrected chi connectivity index (χ2v) is 5.11. The minimum absolute atomic E-state index is 0.757. The molecule has 0 amide bonds. The predicted molar refractivity (Wildman–Crippen MR) is 79.7 cm³/mol. The lowest BCUT2D eigenvalue weighted by Crippen LogP contribution is -2.24. The quantitative estimate of drug-likeness (QED) is 0.871. The summed E-state index contributed by atoms with van der Waals surface area (Å²) in [5.74, 6) is 0.995. The van der Waals surface area contributed by atoms with E-state index in [4.69, 9.17) is 16.0 Å². The monoisotopic (exact) mass is 278 g/mol. The van der Waals surface area contributed by atoms with Crippen LogP contribution in [0.2, 0.25) is 5.02 Å². The van der Waals surface area contributed by atoms with E-state index in [-0.39, 0.29) is 0 Å². The van der Waals surface area contributed by atoms with Gasteiger partial charge in [0.15, 0.2) is 0 Å². The molecule has 0 saturated carbocycles. The van der Waals surface area contributed by atoms with Crippen LogP contribution >= 0.6 is 11.6 Å². The highest BCUT2D eigenvalue weighted by molar-refractivity contribution is 6.30. The summed E-state index contributed by atoms with van der Waals surface area (Å²) < 4.78 is 5.30. The highest BCUT2D eigenvalue weighted by Crippen LogP contribution is 2.14. The largest absolute Gasteiger partial charge is 0.469 e. The third-order valence-electron chi connectivity index (χ3n) is 3.05. The zero-order chi connectivity index (χ0) is 13.7. The molecular formula is C15H19ClN2O. The van der Waals surface area contributed by atoms with E-state index in [0.29, 0.717) is 0 Å². The molecule has 0 aliphatic carbocycles. The number of benzene rings is 1. The molecule has 0 aliphatic rings. The smallest absolute Gasteiger partial charge is 0.105 e. The first kappa shape index (κ1) is 14.0. The highest BCUT2D eigenvalue weighted by Gasteiger charge is 2.05. The van der Waals surface area contributed by atoms with Crippen LogP contribution in [0.25, 0.3) is 0 Å². The Morgan fingerprint density at radius 1 is 1.32 bits per heavy atom. The van der Waals surface area contributed by atoms with Gasteiger partial charge in [0, 0.05) is 35.9 Å². The molecule has 0 radical (unpaired) electrons. The van der Waals surface area contributed by atoms with Gasteiger partial charge >= 0.3 is 0 Å². The molecule has 19 heavy (non-hydrogen) atoms. The van der Waals surface area contributed by atoms with Gasteiger partial charge in [-0.3, -0.25) is 0 Å². The van der Waals surface area contributed by atoms with Crippen molar-refractivity contribution in [1.29, 1.82) is 0 Å². The van der Waals surface area contributed by atoms with Crippen molar-refractivity contribution < 1.29 is 4.42 Å². The Hall–Kier alpha value is -1.45. The number of anilines is 1. The van der Waals surface area contributed by atoms with E-state index in [1.165, 1.54) is 5.56 Å². The molecule has 0 unspecified atom stereocenters. The van der Waals surface area contributed by atoms with Gasteiger partial charge in [-0.2, -0.15) is 0 Å². The van der Waals surface area contributed by atoms with Crippen LogP contribution in [0, 0.1) is 6.92 Å². The topological polar surface area (TPSA) is 28.4 Å². The number of halogens is 1. The van der Waals surface area contributed by atoms with Crippen molar-refractivity contribution in [2.75, 3.05) is 25.5 Å². The van der Waals surface area contributed by atoms with Crippen LogP contribution in [-0.4, -0.2) is 25.0 Å². The summed E-state index contributed by atoms with van der Waals surface area (Å²) in [6.45, 7) is 4.73. The van der Waals surface area contributed by atoms with Crippen LogP contribution < -0.4 is 5.32 Å². The summed E-state index contributed by atoms with van der Waals surface area (Å²) in [6, 6.07) is 9.80. The van der Waals surface area contributed by atoms with Crippen molar-refractivity contribution in [3.05, 3.63) is 52.9 Å². The van der Waals surface area contributed by atoms with Gasteiger partial charge in [-0.1, -0.05) is 17.7 Å². The SMILES string of the molecule is Cc1occc1CN(C)CCNc1cccc(Cl)c1. The lowest BCUT2D eigenvalue weighted by molar-refractivity contribution is 0.337. The first-order valence-corrected chi connectivity index (χ1v) is 6.74. The van der Waals surface area contributed by atoms with Gasteiger partial charge in [0.1, 0.15) is 5.76 Å². The number of rotatable bonds is 6. The van der Waals surface area contributed by atoms with Crippen LogP contribution in [0.3, 0.4) is 0 Å². The number of likely N-dealkylation sites (N-methyl/N-ethyl adjacent to an activating group) is 1. The van der Waals surface area contributed by atoms with E-state index >= 15 is 0 Å². The van der Waals surface area contributed by atoms with Crippen molar-refractivity contribution in [2.24, 2.45) is 0 Å². The highest BCUT2D eigenvalue weighted by atomic mass is 35.5. The molecule has 0 atom stereocenters. The average molecular weight is 279 g/mol. The Morgan fingerprint density at radius 2 is 2.16 bits per heavy atom. The normalized spacial score (nSPS) is 10.9. The number of furan rings is 1. The van der Waals surface area contributed by atoms with E-state index in [2.05, 4.69) is 17.3 Å². The van der Waals surface area contributed by atoms with Gasteiger partial charge in [0.05, 0.1) is 6.26 Å². The van der Waals surface area contributed by atoms with Crippen molar-refractivity contribution in [3.8, 4) is 0 Å². The maximum Gasteiger partial charge on any atom is 0.105 e. The first-order valence-electron chi connectivity index (χ1n) is 6.36. The van der Waals surface area contributed by atoms with E-state index in [0.717, 1.165) is 36.1 Å². The minimum atomic E-state index is 0.757. The van der Waals surface area contributed by atoms with Crippen molar-refractivity contribution in [1.82, 2.24) is 4.90 Å². The van der Waals surface area contributed by atoms with Crippen LogP contribution in [0.4, 0.5) is 5.69 Å². The molecule has 102 valence electrons. The van der Waals surface area contributed by atoms with Gasteiger partial charge in [0.25, 0.3) is 0 Å². The van der Waals surface area contributed by atoms with Gasteiger partial charge in [-0.25, -0.2) is 0 Å². The molecule has 0 spiro atoms. The maximum absolute atomic E-state index is 5.94. The number of hydrogen-bond acceptors (Lipinski definition) is 3. The molecular weight excluding hydrogens is 260 g/mol. The molecule has 1 aromatic heterocycles. The van der Waals surface area contributed by atoms with Crippen LogP contribution in [-0.2, 0) is 6.54 Å². The number of nitrogens with one attached hydrogen (secondary N) is 1. The van der Waals surface area contributed by atoms with E-state index in [9.17, 15) is 0 Å². The summed E-state index contributed by atoms with van der Waals surface area (Å²) >= 11 is 5.94. The van der Waals surface area contributed by atoms with Gasteiger partial charge in [-0.15, -0.1) is 0 Å². The Balaban J connectivity index is 1.75. The van der Waals surface area contributed by atoms with E-state index in [1.807, 2.05) is 37.3 Å². The van der Waals surface area contributed by atoms with Gasteiger partial charge < -0.3 is 14.6 Å². The van der Waals surface area contributed by atoms with Crippen LogP contribution in [0.15, 0.2) is 41.0 Å². The van der Waals surface area contributed by atoms with Crippen molar-refractivity contribution in [3.63, 3.8) is 0 Å². The lowest BCUT2D eigenvalue weighted by Gasteiger charge is -2.17. The predicted octanol–water partition coefficient (Wildman–Crippen LogP) is 3.79. The van der Waals surface area contributed by atoms with Gasteiger partial charge in [0.2, 0.25) is 0 Å². The van der Waals surface area contributed by atoms with Gasteiger partial charge in [-0.05, 0) is 38.2 Å². The van der Waals surface area contributed by atoms with Crippen LogP contribution in [0.5, 0.6) is 0 Å². The van der Waals surface area contributed by atoms with Crippen molar-refractivity contribution >= 4 is 17.3 Å². The first-order chi connectivity index (χ1) is 9.15. The number of hydrogen-bond donors (Lipinski definition) is 1. The maximum atomic E-state index is 5.94.